The predicted octanol–water partition coefficient (Wildman–Crippen LogP) is -0.705. The van der Waals surface area contributed by atoms with Crippen LogP contribution in [-0.2, 0) is 11.8 Å². The summed E-state index contributed by atoms with van der Waals surface area (Å²) in [6, 6.07) is -0.337. The molecule has 0 saturated heterocycles. The highest BCUT2D eigenvalue weighted by Gasteiger charge is 2.10. The van der Waals surface area contributed by atoms with Crippen LogP contribution in [0.1, 0.15) is 18.0 Å². The summed E-state index contributed by atoms with van der Waals surface area (Å²) in [5, 5.41) is 3.93. The first-order chi connectivity index (χ1) is 5.59. The molecule has 4 N–H and O–H groups in total. The summed E-state index contributed by atoms with van der Waals surface area (Å²) in [5.41, 5.74) is 11.5. The summed E-state index contributed by atoms with van der Waals surface area (Å²) >= 11 is 0. The number of primary amides is 1. The van der Waals surface area contributed by atoms with Gasteiger partial charge in [0.05, 0.1) is 6.20 Å². The Hall–Kier alpha value is -1.36. The molecule has 5 nitrogen and oxygen atoms in total. The maximum Gasteiger partial charge on any atom is 0.219 e. The van der Waals surface area contributed by atoms with E-state index in [1.54, 1.807) is 24.1 Å². The summed E-state index contributed by atoms with van der Waals surface area (Å²) in [6.45, 7) is 0. The molecular weight excluding hydrogens is 156 g/mol. The molecule has 12 heavy (non-hydrogen) atoms. The van der Waals surface area contributed by atoms with Crippen molar-refractivity contribution in [1.29, 1.82) is 0 Å². The summed E-state index contributed by atoms with van der Waals surface area (Å²) in [7, 11) is 1.79. The Kier molecular flexibility index (Phi) is 2.44. The van der Waals surface area contributed by atoms with Gasteiger partial charge in [0.15, 0.2) is 0 Å². The molecule has 1 aromatic rings. The summed E-state index contributed by atoms with van der Waals surface area (Å²) < 4.78 is 1.64. The Morgan fingerprint density at radius 1 is 1.83 bits per heavy atom. The summed E-state index contributed by atoms with van der Waals surface area (Å²) in [5.74, 6) is -0.397. The van der Waals surface area contributed by atoms with Gasteiger partial charge in [0.1, 0.15) is 0 Å². The summed E-state index contributed by atoms with van der Waals surface area (Å²) in [6.07, 6.45) is 3.56. The van der Waals surface area contributed by atoms with Crippen LogP contribution in [0.15, 0.2) is 12.4 Å². The van der Waals surface area contributed by atoms with Crippen LogP contribution in [0, 0.1) is 0 Å². The molecule has 1 rings (SSSR count). The Morgan fingerprint density at radius 3 is 2.92 bits per heavy atom. The zero-order valence-corrected chi connectivity index (χ0v) is 6.90. The van der Waals surface area contributed by atoms with E-state index in [1.165, 1.54) is 0 Å². The highest BCUT2D eigenvalue weighted by atomic mass is 16.1. The number of rotatable bonds is 3. The van der Waals surface area contributed by atoms with Crippen LogP contribution in [0.2, 0.25) is 0 Å². The van der Waals surface area contributed by atoms with E-state index in [-0.39, 0.29) is 12.5 Å². The Labute approximate surface area is 70.3 Å². The number of carbonyl (C=O) groups is 1. The zero-order valence-electron chi connectivity index (χ0n) is 6.90. The van der Waals surface area contributed by atoms with Crippen molar-refractivity contribution in [2.45, 2.75) is 12.5 Å². The molecule has 5 heteroatoms. The van der Waals surface area contributed by atoms with Crippen LogP contribution in [0.5, 0.6) is 0 Å². The molecule has 0 radical (unpaired) electrons. The largest absolute Gasteiger partial charge is 0.370 e. The van der Waals surface area contributed by atoms with Crippen LogP contribution >= 0.6 is 0 Å². The van der Waals surface area contributed by atoms with Gasteiger partial charge < -0.3 is 11.5 Å². The second kappa shape index (κ2) is 3.36. The molecule has 0 aliphatic rings. The van der Waals surface area contributed by atoms with Gasteiger partial charge in [-0.2, -0.15) is 5.10 Å². The van der Waals surface area contributed by atoms with Gasteiger partial charge in [-0.15, -0.1) is 0 Å². The molecule has 0 fully saturated rings. The molecule has 1 aromatic heterocycles. The van der Waals surface area contributed by atoms with Crippen LogP contribution < -0.4 is 11.5 Å². The quantitative estimate of drug-likeness (QED) is 0.625. The molecular formula is C7H12N4O. The fourth-order valence-corrected chi connectivity index (χ4v) is 0.966. The average molecular weight is 168 g/mol. The first-order valence-electron chi connectivity index (χ1n) is 3.62. The standard InChI is InChI=1S/C7H12N4O/c1-11-4-5(3-10-11)6(8)2-7(9)12/h3-4,6H,2,8H2,1H3,(H2,9,12)/t6-/m1/s1. The molecule has 1 amide bonds. The van der Waals surface area contributed by atoms with Crippen molar-refractivity contribution < 1.29 is 4.79 Å². The molecule has 0 aliphatic heterocycles. The smallest absolute Gasteiger partial charge is 0.219 e. The maximum atomic E-state index is 10.5. The molecule has 1 heterocycles. The number of nitrogens with two attached hydrogens (primary N) is 2. The van der Waals surface area contributed by atoms with E-state index in [9.17, 15) is 4.79 Å². The number of carbonyl (C=O) groups excluding carboxylic acids is 1. The van der Waals surface area contributed by atoms with Gasteiger partial charge in [-0.1, -0.05) is 0 Å². The molecule has 0 saturated carbocycles. The van der Waals surface area contributed by atoms with Gasteiger partial charge in [-0.25, -0.2) is 0 Å². The van der Waals surface area contributed by atoms with Gasteiger partial charge in [-0.05, 0) is 0 Å². The fraction of sp³-hybridized carbons (Fsp3) is 0.429. The van der Waals surface area contributed by atoms with E-state index in [0.29, 0.717) is 0 Å². The van der Waals surface area contributed by atoms with Crippen molar-refractivity contribution in [3.8, 4) is 0 Å². The Morgan fingerprint density at radius 2 is 2.50 bits per heavy atom. The molecule has 0 aliphatic carbocycles. The first kappa shape index (κ1) is 8.73. The highest BCUT2D eigenvalue weighted by molar-refractivity contribution is 5.74. The van der Waals surface area contributed by atoms with E-state index in [1.807, 2.05) is 0 Å². The summed E-state index contributed by atoms with van der Waals surface area (Å²) in [4.78, 5) is 10.5. The van der Waals surface area contributed by atoms with E-state index < -0.39 is 5.91 Å². The van der Waals surface area contributed by atoms with Crippen molar-refractivity contribution in [1.82, 2.24) is 9.78 Å². The van der Waals surface area contributed by atoms with E-state index in [2.05, 4.69) is 5.10 Å². The van der Waals surface area contributed by atoms with Gasteiger partial charge in [0.2, 0.25) is 5.91 Å². The third kappa shape index (κ3) is 2.06. The first-order valence-corrected chi connectivity index (χ1v) is 3.62. The van der Waals surface area contributed by atoms with Crippen LogP contribution in [0.3, 0.4) is 0 Å². The Bertz CT molecular complexity index is 281. The normalized spacial score (nSPS) is 12.8. The number of hydrogen-bond acceptors (Lipinski definition) is 3. The monoisotopic (exact) mass is 168 g/mol. The zero-order chi connectivity index (χ0) is 9.14. The lowest BCUT2D eigenvalue weighted by Crippen LogP contribution is -2.20. The minimum atomic E-state index is -0.397. The highest BCUT2D eigenvalue weighted by Crippen LogP contribution is 2.11. The molecule has 0 aromatic carbocycles. The van der Waals surface area contributed by atoms with Crippen molar-refractivity contribution in [2.75, 3.05) is 0 Å². The van der Waals surface area contributed by atoms with Gasteiger partial charge >= 0.3 is 0 Å². The molecule has 0 spiro atoms. The molecule has 0 unspecified atom stereocenters. The van der Waals surface area contributed by atoms with Gasteiger partial charge in [0, 0.05) is 31.3 Å². The number of aryl methyl sites for hydroxylation is 1. The second-order valence-electron chi connectivity index (χ2n) is 2.72. The second-order valence-corrected chi connectivity index (χ2v) is 2.72. The van der Waals surface area contributed by atoms with E-state index in [4.69, 9.17) is 11.5 Å². The lowest BCUT2D eigenvalue weighted by atomic mass is 10.1. The average Bonchev–Trinajstić information content (AvgIpc) is 2.34. The minimum Gasteiger partial charge on any atom is -0.370 e. The molecule has 0 bridgehead atoms. The number of aromatic nitrogens is 2. The third-order valence-electron chi connectivity index (χ3n) is 1.57. The Balaban J connectivity index is 2.64. The molecule has 66 valence electrons. The molecule has 1 atom stereocenters. The van der Waals surface area contributed by atoms with Crippen molar-refractivity contribution in [2.24, 2.45) is 18.5 Å². The van der Waals surface area contributed by atoms with Crippen molar-refractivity contribution in [3.05, 3.63) is 18.0 Å². The van der Waals surface area contributed by atoms with Crippen LogP contribution in [0.4, 0.5) is 0 Å². The topological polar surface area (TPSA) is 86.9 Å². The lowest BCUT2D eigenvalue weighted by Gasteiger charge is -2.04. The van der Waals surface area contributed by atoms with Gasteiger partial charge in [-0.3, -0.25) is 9.48 Å². The minimum absolute atomic E-state index is 0.158. The third-order valence-corrected chi connectivity index (χ3v) is 1.57. The maximum absolute atomic E-state index is 10.5. The lowest BCUT2D eigenvalue weighted by molar-refractivity contribution is -0.118. The number of amides is 1. The fourth-order valence-electron chi connectivity index (χ4n) is 0.966. The SMILES string of the molecule is Cn1cc([C@H](N)CC(N)=O)cn1. The van der Waals surface area contributed by atoms with Crippen molar-refractivity contribution >= 4 is 5.91 Å². The van der Waals surface area contributed by atoms with Gasteiger partial charge in [0.25, 0.3) is 0 Å². The van der Waals surface area contributed by atoms with Crippen molar-refractivity contribution in [3.63, 3.8) is 0 Å². The number of nitrogens with zero attached hydrogens (tertiary/aromatic N) is 2. The van der Waals surface area contributed by atoms with E-state index >= 15 is 0 Å². The van der Waals surface area contributed by atoms with Crippen LogP contribution in [0.25, 0.3) is 0 Å². The van der Waals surface area contributed by atoms with E-state index in [0.717, 1.165) is 5.56 Å². The van der Waals surface area contributed by atoms with Crippen LogP contribution in [-0.4, -0.2) is 15.7 Å². The predicted molar refractivity (Wildman–Crippen MR) is 43.9 cm³/mol. The number of hydrogen-bond donors (Lipinski definition) is 2.